The molecule has 0 bridgehead atoms. The van der Waals surface area contributed by atoms with E-state index in [2.05, 4.69) is 22.5 Å². The van der Waals surface area contributed by atoms with Crippen molar-refractivity contribution in [3.63, 3.8) is 0 Å². The second-order valence-corrected chi connectivity index (χ2v) is 6.22. The predicted molar refractivity (Wildman–Crippen MR) is 63.5 cm³/mol. The van der Waals surface area contributed by atoms with E-state index >= 15 is 0 Å². The third-order valence-corrected chi connectivity index (χ3v) is 4.18. The minimum Gasteiger partial charge on any atom is -0.478 e. The summed E-state index contributed by atoms with van der Waals surface area (Å²) in [5.41, 5.74) is 0.0524. The van der Waals surface area contributed by atoms with E-state index in [4.69, 9.17) is 5.11 Å². The zero-order valence-corrected chi connectivity index (χ0v) is 10.6. The molecular formula is C10H9BrO4S. The minimum absolute atomic E-state index is 0.0524. The molecule has 0 fully saturated rings. The Morgan fingerprint density at radius 1 is 1.31 bits per heavy atom. The largest absolute Gasteiger partial charge is 0.478 e. The highest BCUT2D eigenvalue weighted by molar-refractivity contribution is 9.11. The van der Waals surface area contributed by atoms with E-state index in [0.29, 0.717) is 4.48 Å². The molecule has 4 nitrogen and oxygen atoms in total. The highest BCUT2D eigenvalue weighted by Gasteiger charge is 2.15. The summed E-state index contributed by atoms with van der Waals surface area (Å²) >= 11 is 2.98. The Morgan fingerprint density at radius 2 is 1.81 bits per heavy atom. The quantitative estimate of drug-likeness (QED) is 0.924. The predicted octanol–water partition coefficient (Wildman–Crippen LogP) is 2.07. The summed E-state index contributed by atoms with van der Waals surface area (Å²) in [6.07, 6.45) is 0. The van der Waals surface area contributed by atoms with Gasteiger partial charge in [-0.3, -0.25) is 0 Å². The molecule has 16 heavy (non-hydrogen) atoms. The van der Waals surface area contributed by atoms with Gasteiger partial charge >= 0.3 is 5.97 Å². The average molecular weight is 305 g/mol. The number of benzene rings is 1. The van der Waals surface area contributed by atoms with E-state index in [1.165, 1.54) is 24.3 Å². The first-order chi connectivity index (χ1) is 7.33. The summed E-state index contributed by atoms with van der Waals surface area (Å²) in [5, 5.41) is 8.65. The van der Waals surface area contributed by atoms with Gasteiger partial charge in [-0.15, -0.1) is 0 Å². The maximum atomic E-state index is 11.7. The summed E-state index contributed by atoms with van der Waals surface area (Å²) in [5.74, 6) is -1.30. The molecule has 0 heterocycles. The fraction of sp³-hybridized carbons (Fsp3) is 0.100. The van der Waals surface area contributed by atoms with Gasteiger partial charge in [0.2, 0.25) is 0 Å². The lowest BCUT2D eigenvalue weighted by Crippen LogP contribution is -2.07. The normalized spacial score (nSPS) is 11.1. The van der Waals surface area contributed by atoms with Gasteiger partial charge in [0.15, 0.2) is 9.84 Å². The highest BCUT2D eigenvalue weighted by Crippen LogP contribution is 2.16. The Balaban J connectivity index is 3.07. The molecule has 86 valence electrons. The molecule has 0 aromatic heterocycles. The van der Waals surface area contributed by atoms with Gasteiger partial charge < -0.3 is 5.11 Å². The van der Waals surface area contributed by atoms with E-state index in [9.17, 15) is 13.2 Å². The number of sulfone groups is 1. The molecular weight excluding hydrogens is 296 g/mol. The monoisotopic (exact) mass is 304 g/mol. The fourth-order valence-electron chi connectivity index (χ4n) is 1.09. The van der Waals surface area contributed by atoms with Crippen molar-refractivity contribution < 1.29 is 18.3 Å². The molecule has 1 aromatic carbocycles. The van der Waals surface area contributed by atoms with Crippen LogP contribution in [0.2, 0.25) is 0 Å². The first-order valence-corrected chi connectivity index (χ1v) is 6.67. The summed E-state index contributed by atoms with van der Waals surface area (Å²) in [4.78, 5) is 10.7. The molecule has 0 radical (unpaired) electrons. The van der Waals surface area contributed by atoms with E-state index in [1.54, 1.807) is 0 Å². The summed E-state index contributed by atoms with van der Waals surface area (Å²) in [6.45, 7) is 3.45. The SMILES string of the molecule is C=C(Br)CS(=O)(=O)c1ccc(C(=O)O)cc1. The third kappa shape index (κ3) is 3.18. The van der Waals surface area contributed by atoms with Crippen LogP contribution in [0.15, 0.2) is 40.2 Å². The molecule has 0 unspecified atom stereocenters. The Hall–Kier alpha value is -1.14. The number of hydrogen-bond acceptors (Lipinski definition) is 3. The van der Waals surface area contributed by atoms with Gasteiger partial charge in [-0.2, -0.15) is 0 Å². The van der Waals surface area contributed by atoms with Crippen LogP contribution >= 0.6 is 15.9 Å². The molecule has 1 rings (SSSR count). The lowest BCUT2D eigenvalue weighted by atomic mass is 10.2. The van der Waals surface area contributed by atoms with Crippen LogP contribution in [0, 0.1) is 0 Å². The van der Waals surface area contributed by atoms with Gasteiger partial charge in [-0.1, -0.05) is 22.5 Å². The van der Waals surface area contributed by atoms with Crippen molar-refractivity contribution in [3.8, 4) is 0 Å². The molecule has 0 amide bonds. The summed E-state index contributed by atoms with van der Waals surface area (Å²) < 4.78 is 23.7. The van der Waals surface area contributed by atoms with Crippen molar-refractivity contribution in [2.45, 2.75) is 4.90 Å². The molecule has 0 aliphatic carbocycles. The van der Waals surface area contributed by atoms with E-state index in [0.717, 1.165) is 0 Å². The van der Waals surface area contributed by atoms with E-state index in [-0.39, 0.29) is 16.2 Å². The standard InChI is InChI=1S/C10H9BrO4S/c1-7(11)6-16(14,15)9-4-2-8(3-5-9)10(12)13/h2-5H,1,6H2,(H,12,13). The number of carbonyl (C=O) groups is 1. The van der Waals surface area contributed by atoms with Gasteiger partial charge in [0.25, 0.3) is 0 Å². The van der Waals surface area contributed by atoms with Crippen molar-refractivity contribution >= 4 is 31.7 Å². The third-order valence-electron chi connectivity index (χ3n) is 1.81. The smallest absolute Gasteiger partial charge is 0.335 e. The number of hydrogen-bond donors (Lipinski definition) is 1. The molecule has 0 aliphatic heterocycles. The van der Waals surface area contributed by atoms with Gasteiger partial charge in [-0.05, 0) is 24.3 Å². The molecule has 6 heteroatoms. The first-order valence-electron chi connectivity index (χ1n) is 4.22. The average Bonchev–Trinajstić information content (AvgIpc) is 2.16. The van der Waals surface area contributed by atoms with Crippen molar-refractivity contribution in [2.24, 2.45) is 0 Å². The number of aromatic carboxylic acids is 1. The van der Waals surface area contributed by atoms with Gasteiger partial charge in [-0.25, -0.2) is 13.2 Å². The number of rotatable bonds is 4. The van der Waals surface area contributed by atoms with E-state index in [1.807, 2.05) is 0 Å². The van der Waals surface area contributed by atoms with Crippen LogP contribution in [0.4, 0.5) is 0 Å². The molecule has 0 aliphatic rings. The molecule has 0 saturated carbocycles. The Kier molecular flexibility index (Phi) is 3.88. The number of carboxylic acid groups (broad SMARTS) is 1. The lowest BCUT2D eigenvalue weighted by Gasteiger charge is -2.03. The summed E-state index contributed by atoms with van der Waals surface area (Å²) in [6, 6.07) is 5.06. The first kappa shape index (κ1) is 12.9. The highest BCUT2D eigenvalue weighted by atomic mass is 79.9. The minimum atomic E-state index is -3.44. The maximum absolute atomic E-state index is 11.7. The van der Waals surface area contributed by atoms with Crippen molar-refractivity contribution in [2.75, 3.05) is 5.75 Å². The van der Waals surface area contributed by atoms with Crippen LogP contribution in [-0.4, -0.2) is 25.2 Å². The van der Waals surface area contributed by atoms with Crippen LogP contribution in [-0.2, 0) is 9.84 Å². The Morgan fingerprint density at radius 3 is 2.19 bits per heavy atom. The number of halogens is 1. The number of carboxylic acids is 1. The van der Waals surface area contributed by atoms with Crippen LogP contribution in [0.25, 0.3) is 0 Å². The van der Waals surface area contributed by atoms with E-state index < -0.39 is 15.8 Å². The van der Waals surface area contributed by atoms with Crippen LogP contribution in [0.5, 0.6) is 0 Å². The zero-order valence-electron chi connectivity index (χ0n) is 8.18. The second kappa shape index (κ2) is 4.80. The topological polar surface area (TPSA) is 71.4 Å². The van der Waals surface area contributed by atoms with Crippen LogP contribution in [0.1, 0.15) is 10.4 Å². The molecule has 1 aromatic rings. The Bertz CT molecular complexity index is 516. The molecule has 1 N–H and O–H groups in total. The van der Waals surface area contributed by atoms with Crippen molar-refractivity contribution in [1.29, 1.82) is 0 Å². The van der Waals surface area contributed by atoms with Crippen molar-refractivity contribution in [3.05, 3.63) is 40.9 Å². The fourth-order valence-corrected chi connectivity index (χ4v) is 3.13. The Labute approximate surface area is 102 Å². The maximum Gasteiger partial charge on any atom is 0.335 e. The van der Waals surface area contributed by atoms with Gasteiger partial charge in [0, 0.05) is 4.48 Å². The summed E-state index contributed by atoms with van der Waals surface area (Å²) in [7, 11) is -3.44. The van der Waals surface area contributed by atoms with Gasteiger partial charge in [0.05, 0.1) is 16.2 Å². The van der Waals surface area contributed by atoms with Crippen LogP contribution < -0.4 is 0 Å². The van der Waals surface area contributed by atoms with Crippen molar-refractivity contribution in [1.82, 2.24) is 0 Å². The molecule has 0 atom stereocenters. The lowest BCUT2D eigenvalue weighted by molar-refractivity contribution is 0.0697. The molecule has 0 saturated heterocycles. The molecule has 0 spiro atoms. The zero-order chi connectivity index (χ0) is 12.3. The van der Waals surface area contributed by atoms with Crippen LogP contribution in [0.3, 0.4) is 0 Å². The second-order valence-electron chi connectivity index (χ2n) is 3.11. The van der Waals surface area contributed by atoms with Gasteiger partial charge in [0.1, 0.15) is 0 Å².